The summed E-state index contributed by atoms with van der Waals surface area (Å²) >= 11 is 7.86. The molecule has 0 N–H and O–H groups in total. The number of pyridine rings is 1. The van der Waals surface area contributed by atoms with Gasteiger partial charge in [-0.1, -0.05) is 47.6 Å². The second-order valence-electron chi connectivity index (χ2n) is 5.87. The van der Waals surface area contributed by atoms with Crippen molar-refractivity contribution in [2.45, 2.75) is 24.0 Å². The van der Waals surface area contributed by atoms with Crippen LogP contribution in [0.2, 0.25) is 5.02 Å². The van der Waals surface area contributed by atoms with Crippen LogP contribution in [0.25, 0.3) is 0 Å². The highest BCUT2D eigenvalue weighted by Gasteiger charge is 2.12. The smallest absolute Gasteiger partial charge is 0.191 e. The van der Waals surface area contributed by atoms with Crippen molar-refractivity contribution in [3.8, 4) is 0 Å². The lowest BCUT2D eigenvalue weighted by molar-refractivity contribution is 0.305. The van der Waals surface area contributed by atoms with E-state index in [1.807, 2.05) is 48.1 Å². The van der Waals surface area contributed by atoms with E-state index in [2.05, 4.69) is 33.2 Å². The lowest BCUT2D eigenvalue weighted by Crippen LogP contribution is -2.19. The number of halogens is 1. The zero-order chi connectivity index (χ0) is 17.6. The Labute approximate surface area is 157 Å². The van der Waals surface area contributed by atoms with Crippen molar-refractivity contribution in [1.82, 2.24) is 24.6 Å². The van der Waals surface area contributed by atoms with Crippen molar-refractivity contribution in [3.63, 3.8) is 0 Å². The molecule has 0 aliphatic rings. The first-order chi connectivity index (χ1) is 12.1. The molecule has 0 aliphatic heterocycles. The van der Waals surface area contributed by atoms with Gasteiger partial charge in [-0.25, -0.2) is 0 Å². The van der Waals surface area contributed by atoms with Crippen molar-refractivity contribution in [1.29, 1.82) is 0 Å². The molecule has 0 amide bonds. The van der Waals surface area contributed by atoms with E-state index < -0.39 is 0 Å². The molecule has 0 saturated heterocycles. The second-order valence-corrected chi connectivity index (χ2v) is 7.22. The molecule has 0 fully saturated rings. The van der Waals surface area contributed by atoms with Gasteiger partial charge in [0.25, 0.3) is 0 Å². The fourth-order valence-electron chi connectivity index (χ4n) is 2.47. The Hall–Kier alpha value is -1.89. The summed E-state index contributed by atoms with van der Waals surface area (Å²) in [5.41, 5.74) is 2.29. The van der Waals surface area contributed by atoms with Gasteiger partial charge in [-0.3, -0.25) is 9.88 Å². The highest BCUT2D eigenvalue weighted by atomic mass is 35.5. The van der Waals surface area contributed by atoms with Gasteiger partial charge < -0.3 is 4.57 Å². The van der Waals surface area contributed by atoms with Crippen molar-refractivity contribution in [2.24, 2.45) is 7.05 Å². The van der Waals surface area contributed by atoms with Crippen LogP contribution in [-0.4, -0.2) is 31.7 Å². The van der Waals surface area contributed by atoms with Crippen molar-refractivity contribution < 1.29 is 0 Å². The quantitative estimate of drug-likeness (QED) is 0.590. The molecule has 5 nitrogen and oxygen atoms in total. The molecular weight excluding hydrogens is 354 g/mol. The number of aromatic nitrogens is 4. The first-order valence-corrected chi connectivity index (χ1v) is 9.32. The number of benzene rings is 1. The lowest BCUT2D eigenvalue weighted by atomic mass is 10.2. The van der Waals surface area contributed by atoms with Gasteiger partial charge in [0.05, 0.1) is 6.54 Å². The Morgan fingerprint density at radius 1 is 1.12 bits per heavy atom. The third-order valence-corrected chi connectivity index (χ3v) is 5.26. The minimum atomic E-state index is 0.727. The van der Waals surface area contributed by atoms with Crippen LogP contribution >= 0.6 is 23.4 Å². The predicted octanol–water partition coefficient (Wildman–Crippen LogP) is 3.79. The Balaban J connectivity index is 1.60. The normalized spacial score (nSPS) is 11.2. The molecule has 2 aromatic heterocycles. The lowest BCUT2D eigenvalue weighted by Gasteiger charge is -2.15. The minimum absolute atomic E-state index is 0.727. The summed E-state index contributed by atoms with van der Waals surface area (Å²) in [6, 6.07) is 11.9. The van der Waals surface area contributed by atoms with Gasteiger partial charge in [0.15, 0.2) is 5.16 Å². The molecule has 0 saturated carbocycles. The molecule has 0 aliphatic carbocycles. The van der Waals surface area contributed by atoms with E-state index in [-0.39, 0.29) is 0 Å². The fourth-order valence-corrected chi connectivity index (χ4v) is 3.68. The predicted molar refractivity (Wildman–Crippen MR) is 101 cm³/mol. The van der Waals surface area contributed by atoms with Crippen molar-refractivity contribution in [3.05, 3.63) is 70.8 Å². The third kappa shape index (κ3) is 4.81. The fraction of sp³-hybridized carbons (Fsp3) is 0.278. The first-order valence-electron chi connectivity index (χ1n) is 7.95. The van der Waals surface area contributed by atoms with E-state index in [9.17, 15) is 0 Å². The maximum Gasteiger partial charge on any atom is 0.191 e. The number of thioether (sulfide) groups is 1. The van der Waals surface area contributed by atoms with Crippen LogP contribution in [0.4, 0.5) is 0 Å². The Morgan fingerprint density at radius 2 is 1.96 bits per heavy atom. The van der Waals surface area contributed by atoms with Crippen molar-refractivity contribution >= 4 is 23.4 Å². The standard InChI is InChI=1S/C18H20ClN5S/c1-23(11-14-6-5-9-20-10-14)12-17-21-22-18(24(17)2)25-13-15-7-3-4-8-16(15)19/h3-10H,11-13H2,1-2H3. The molecule has 0 unspecified atom stereocenters. The topological polar surface area (TPSA) is 46.8 Å². The highest BCUT2D eigenvalue weighted by Crippen LogP contribution is 2.25. The minimum Gasteiger partial charge on any atom is -0.308 e. The Kier molecular flexibility index (Phi) is 6.07. The maximum absolute atomic E-state index is 6.21. The molecule has 1 aromatic carbocycles. The van der Waals surface area contributed by atoms with Gasteiger partial charge in [0.2, 0.25) is 0 Å². The van der Waals surface area contributed by atoms with Crippen LogP contribution in [0, 0.1) is 0 Å². The monoisotopic (exact) mass is 373 g/mol. The number of rotatable bonds is 7. The summed E-state index contributed by atoms with van der Waals surface area (Å²) < 4.78 is 2.04. The van der Waals surface area contributed by atoms with Gasteiger partial charge >= 0.3 is 0 Å². The van der Waals surface area contributed by atoms with E-state index in [1.165, 1.54) is 5.56 Å². The largest absolute Gasteiger partial charge is 0.308 e. The summed E-state index contributed by atoms with van der Waals surface area (Å²) in [6.07, 6.45) is 3.67. The van der Waals surface area contributed by atoms with E-state index in [1.54, 1.807) is 18.0 Å². The third-order valence-electron chi connectivity index (χ3n) is 3.83. The zero-order valence-corrected chi connectivity index (χ0v) is 15.8. The zero-order valence-electron chi connectivity index (χ0n) is 14.3. The SMILES string of the molecule is CN(Cc1cccnc1)Cc1nnc(SCc2ccccc2Cl)n1C. The highest BCUT2D eigenvalue weighted by molar-refractivity contribution is 7.98. The molecule has 0 atom stereocenters. The van der Waals surface area contributed by atoms with Crippen LogP contribution in [-0.2, 0) is 25.9 Å². The molecule has 3 aromatic rings. The summed E-state index contributed by atoms with van der Waals surface area (Å²) in [6.45, 7) is 1.55. The summed E-state index contributed by atoms with van der Waals surface area (Å²) in [4.78, 5) is 6.35. The van der Waals surface area contributed by atoms with Crippen LogP contribution in [0.5, 0.6) is 0 Å². The maximum atomic E-state index is 6.21. The first kappa shape index (κ1) is 17.9. The molecule has 7 heteroatoms. The molecule has 0 bridgehead atoms. The van der Waals surface area contributed by atoms with Gasteiger partial charge in [-0.15, -0.1) is 10.2 Å². The second kappa shape index (κ2) is 8.47. The molecule has 2 heterocycles. The molecule has 0 radical (unpaired) electrons. The number of hydrogen-bond acceptors (Lipinski definition) is 5. The van der Waals surface area contributed by atoms with Crippen molar-refractivity contribution in [2.75, 3.05) is 7.05 Å². The van der Waals surface area contributed by atoms with Crippen LogP contribution < -0.4 is 0 Å². The number of nitrogens with zero attached hydrogens (tertiary/aromatic N) is 5. The average Bonchev–Trinajstić information content (AvgIpc) is 2.95. The van der Waals surface area contributed by atoms with Gasteiger partial charge in [0, 0.05) is 36.8 Å². The van der Waals surface area contributed by atoms with E-state index in [0.717, 1.165) is 40.4 Å². The molecule has 0 spiro atoms. The summed E-state index contributed by atoms with van der Waals surface area (Å²) in [5.74, 6) is 1.71. The Bertz CT molecular complexity index is 821. The van der Waals surface area contributed by atoms with Gasteiger partial charge in [-0.2, -0.15) is 0 Å². The molecule has 130 valence electrons. The molecule has 3 rings (SSSR count). The van der Waals surface area contributed by atoms with Crippen LogP contribution in [0.3, 0.4) is 0 Å². The molecule has 25 heavy (non-hydrogen) atoms. The van der Waals surface area contributed by atoms with Crippen LogP contribution in [0.15, 0.2) is 53.9 Å². The average molecular weight is 374 g/mol. The summed E-state index contributed by atoms with van der Waals surface area (Å²) in [5, 5.41) is 10.3. The van der Waals surface area contributed by atoms with Gasteiger partial charge in [-0.05, 0) is 30.3 Å². The summed E-state index contributed by atoms with van der Waals surface area (Å²) in [7, 11) is 4.07. The van der Waals surface area contributed by atoms with Gasteiger partial charge in [0.1, 0.15) is 5.82 Å². The Morgan fingerprint density at radius 3 is 2.72 bits per heavy atom. The number of hydrogen-bond donors (Lipinski definition) is 0. The van der Waals surface area contributed by atoms with Crippen LogP contribution in [0.1, 0.15) is 17.0 Å². The van der Waals surface area contributed by atoms with E-state index in [0.29, 0.717) is 0 Å². The molecular formula is C18H20ClN5S. The van der Waals surface area contributed by atoms with E-state index in [4.69, 9.17) is 11.6 Å². The van der Waals surface area contributed by atoms with E-state index >= 15 is 0 Å².